The summed E-state index contributed by atoms with van der Waals surface area (Å²) in [5, 5.41) is 0. The molecule has 2 aliphatic heterocycles. The highest BCUT2D eigenvalue weighted by Crippen LogP contribution is 2.23. The Bertz CT molecular complexity index is 744. The largest absolute Gasteiger partial charge is 0.340 e. The maximum Gasteiger partial charge on any atom is 0.228 e. The van der Waals surface area contributed by atoms with E-state index < -0.39 is 9.84 Å². The van der Waals surface area contributed by atoms with Crippen molar-refractivity contribution >= 4 is 21.7 Å². The molecule has 2 heterocycles. The number of aryl methyl sites for hydroxylation is 1. The number of benzene rings is 1. The molecule has 2 aliphatic rings. The van der Waals surface area contributed by atoms with Crippen LogP contribution >= 0.6 is 0 Å². The summed E-state index contributed by atoms with van der Waals surface area (Å²) in [6.45, 7) is 3.51. The van der Waals surface area contributed by atoms with E-state index in [4.69, 9.17) is 0 Å². The lowest BCUT2D eigenvalue weighted by atomic mass is 10.1. The van der Waals surface area contributed by atoms with Gasteiger partial charge in [0.05, 0.1) is 17.4 Å². The lowest BCUT2D eigenvalue weighted by Gasteiger charge is -2.29. The molecule has 2 saturated heterocycles. The Morgan fingerprint density at radius 3 is 2.32 bits per heavy atom. The Hall–Kier alpha value is -1.89. The van der Waals surface area contributed by atoms with Crippen molar-refractivity contribution in [3.63, 3.8) is 0 Å². The van der Waals surface area contributed by atoms with Crippen LogP contribution in [0.15, 0.2) is 24.3 Å². The monoisotopic (exact) mass is 364 g/mol. The van der Waals surface area contributed by atoms with Gasteiger partial charge in [0, 0.05) is 32.6 Å². The van der Waals surface area contributed by atoms with Crippen molar-refractivity contribution in [2.45, 2.75) is 26.3 Å². The minimum Gasteiger partial charge on any atom is -0.340 e. The first-order chi connectivity index (χ1) is 11.9. The lowest BCUT2D eigenvalue weighted by molar-refractivity contribution is -0.135. The van der Waals surface area contributed by atoms with Gasteiger partial charge in [-0.1, -0.05) is 31.2 Å². The molecule has 2 fully saturated rings. The van der Waals surface area contributed by atoms with Gasteiger partial charge in [0.2, 0.25) is 11.8 Å². The third-order valence-electron chi connectivity index (χ3n) is 5.02. The van der Waals surface area contributed by atoms with Crippen molar-refractivity contribution in [2.75, 3.05) is 31.1 Å². The van der Waals surface area contributed by atoms with Crippen LogP contribution < -0.4 is 0 Å². The average molecular weight is 364 g/mol. The van der Waals surface area contributed by atoms with Crippen LogP contribution in [0.5, 0.6) is 0 Å². The number of rotatable bonds is 4. The normalized spacial score (nSPS) is 23.1. The standard InChI is InChI=1S/C18H24N2O4S/c1-2-14-3-5-15(6-4-14)12-20-13-16(11-17(20)21)18(22)19-7-9-25(23,24)10-8-19/h3-6,16H,2,7-13H2,1H3/t16-/m1/s1. The topological polar surface area (TPSA) is 74.8 Å². The van der Waals surface area contributed by atoms with Crippen molar-refractivity contribution < 1.29 is 18.0 Å². The first kappa shape index (κ1) is 17.9. The van der Waals surface area contributed by atoms with Gasteiger partial charge in [-0.25, -0.2) is 8.42 Å². The minimum absolute atomic E-state index is 0.0115. The summed E-state index contributed by atoms with van der Waals surface area (Å²) in [5.41, 5.74) is 2.31. The minimum atomic E-state index is -3.01. The van der Waals surface area contributed by atoms with Crippen molar-refractivity contribution in [1.82, 2.24) is 9.80 Å². The highest BCUT2D eigenvalue weighted by atomic mass is 32.2. The third-order valence-corrected chi connectivity index (χ3v) is 6.63. The molecule has 0 unspecified atom stereocenters. The van der Waals surface area contributed by atoms with Gasteiger partial charge in [-0.3, -0.25) is 9.59 Å². The first-order valence-corrected chi connectivity index (χ1v) is 10.5. The lowest BCUT2D eigenvalue weighted by Crippen LogP contribution is -2.46. The summed E-state index contributed by atoms with van der Waals surface area (Å²) in [6, 6.07) is 8.17. The summed E-state index contributed by atoms with van der Waals surface area (Å²) >= 11 is 0. The number of nitrogens with zero attached hydrogens (tertiary/aromatic N) is 2. The predicted octanol–water partition coefficient (Wildman–Crippen LogP) is 0.855. The predicted molar refractivity (Wildman–Crippen MR) is 94.6 cm³/mol. The van der Waals surface area contributed by atoms with Gasteiger partial charge in [-0.2, -0.15) is 0 Å². The van der Waals surface area contributed by atoms with Crippen LogP contribution in [-0.4, -0.2) is 61.2 Å². The second-order valence-corrected chi connectivity index (χ2v) is 9.13. The van der Waals surface area contributed by atoms with Gasteiger partial charge in [0.15, 0.2) is 9.84 Å². The maximum atomic E-state index is 12.6. The summed E-state index contributed by atoms with van der Waals surface area (Å²) in [5.74, 6) is -0.419. The number of hydrogen-bond donors (Lipinski definition) is 0. The van der Waals surface area contributed by atoms with Gasteiger partial charge in [0.25, 0.3) is 0 Å². The zero-order valence-corrected chi connectivity index (χ0v) is 15.3. The molecule has 3 rings (SSSR count). The number of carbonyl (C=O) groups excluding carboxylic acids is 2. The van der Waals surface area contributed by atoms with E-state index in [9.17, 15) is 18.0 Å². The number of hydrogen-bond acceptors (Lipinski definition) is 4. The molecule has 0 aromatic heterocycles. The number of amides is 2. The van der Waals surface area contributed by atoms with Crippen molar-refractivity contribution in [1.29, 1.82) is 0 Å². The fourth-order valence-corrected chi connectivity index (χ4v) is 4.58. The zero-order chi connectivity index (χ0) is 18.0. The van der Waals surface area contributed by atoms with E-state index in [2.05, 4.69) is 19.1 Å². The molecule has 0 spiro atoms. The number of likely N-dealkylation sites (tertiary alicyclic amines) is 1. The summed E-state index contributed by atoms with van der Waals surface area (Å²) in [4.78, 5) is 28.2. The van der Waals surface area contributed by atoms with Crippen molar-refractivity contribution in [2.24, 2.45) is 5.92 Å². The van der Waals surface area contributed by atoms with Gasteiger partial charge >= 0.3 is 0 Å². The molecule has 25 heavy (non-hydrogen) atoms. The van der Waals surface area contributed by atoms with E-state index in [0.29, 0.717) is 13.1 Å². The van der Waals surface area contributed by atoms with Crippen LogP contribution in [0.1, 0.15) is 24.5 Å². The zero-order valence-electron chi connectivity index (χ0n) is 14.5. The molecule has 6 nitrogen and oxygen atoms in total. The summed E-state index contributed by atoms with van der Waals surface area (Å²) in [6.07, 6.45) is 1.19. The summed E-state index contributed by atoms with van der Waals surface area (Å²) in [7, 11) is -3.01. The molecule has 0 aliphatic carbocycles. The molecule has 7 heteroatoms. The SMILES string of the molecule is CCc1ccc(CN2C[C@H](C(=O)N3CCS(=O)(=O)CC3)CC2=O)cc1. The molecular formula is C18H24N2O4S. The van der Waals surface area contributed by atoms with E-state index in [1.165, 1.54) is 5.56 Å². The molecule has 0 bridgehead atoms. The van der Waals surface area contributed by atoms with E-state index in [0.717, 1.165) is 12.0 Å². The number of carbonyl (C=O) groups is 2. The smallest absolute Gasteiger partial charge is 0.228 e. The number of sulfone groups is 1. The third kappa shape index (κ3) is 4.21. The Balaban J connectivity index is 1.59. The Kier molecular flexibility index (Phi) is 5.13. The van der Waals surface area contributed by atoms with Crippen molar-refractivity contribution in [3.05, 3.63) is 35.4 Å². The van der Waals surface area contributed by atoms with Gasteiger partial charge in [-0.15, -0.1) is 0 Å². The molecular weight excluding hydrogens is 340 g/mol. The van der Waals surface area contributed by atoms with E-state index in [-0.39, 0.29) is 48.7 Å². The van der Waals surface area contributed by atoms with Crippen LogP contribution in [0.2, 0.25) is 0 Å². The second kappa shape index (κ2) is 7.15. The van der Waals surface area contributed by atoms with Crippen molar-refractivity contribution in [3.8, 4) is 0 Å². The second-order valence-electron chi connectivity index (χ2n) is 6.82. The fraction of sp³-hybridized carbons (Fsp3) is 0.556. The molecule has 0 saturated carbocycles. The fourth-order valence-electron chi connectivity index (χ4n) is 3.38. The summed E-state index contributed by atoms with van der Waals surface area (Å²) < 4.78 is 23.0. The molecule has 0 radical (unpaired) electrons. The molecule has 136 valence electrons. The highest BCUT2D eigenvalue weighted by molar-refractivity contribution is 7.91. The van der Waals surface area contributed by atoms with E-state index in [1.54, 1.807) is 9.80 Å². The average Bonchev–Trinajstić information content (AvgIpc) is 2.96. The van der Waals surface area contributed by atoms with Gasteiger partial charge in [0.1, 0.15) is 0 Å². The van der Waals surface area contributed by atoms with Gasteiger partial charge < -0.3 is 9.80 Å². The van der Waals surface area contributed by atoms with Crippen LogP contribution in [0.4, 0.5) is 0 Å². The van der Waals surface area contributed by atoms with Crippen LogP contribution in [0, 0.1) is 5.92 Å². The Morgan fingerprint density at radius 2 is 1.72 bits per heavy atom. The highest BCUT2D eigenvalue weighted by Gasteiger charge is 2.37. The molecule has 0 N–H and O–H groups in total. The van der Waals surface area contributed by atoms with Gasteiger partial charge in [-0.05, 0) is 17.5 Å². The molecule has 1 atom stereocenters. The maximum absolute atomic E-state index is 12.6. The van der Waals surface area contributed by atoms with E-state index in [1.807, 2.05) is 12.1 Å². The molecule has 1 aromatic carbocycles. The first-order valence-electron chi connectivity index (χ1n) is 8.73. The van der Waals surface area contributed by atoms with Crippen LogP contribution in [0.25, 0.3) is 0 Å². The molecule has 1 aromatic rings. The quantitative estimate of drug-likeness (QED) is 0.794. The van der Waals surface area contributed by atoms with Crippen LogP contribution in [0.3, 0.4) is 0 Å². The molecule has 2 amide bonds. The Labute approximate surface area is 148 Å². The van der Waals surface area contributed by atoms with E-state index >= 15 is 0 Å². The van der Waals surface area contributed by atoms with Crippen LogP contribution in [-0.2, 0) is 32.4 Å². The Morgan fingerprint density at radius 1 is 1.12 bits per heavy atom.